The molecule has 0 amide bonds. The maximum absolute atomic E-state index is 13.0. The van der Waals surface area contributed by atoms with Crippen LogP contribution in [0.15, 0.2) is 12.5 Å². The number of nitrogens with one attached hydrogen (secondary N) is 2. The first-order chi connectivity index (χ1) is 21.3. The highest BCUT2D eigenvalue weighted by atomic mass is 16.5. The molecular formula is C38H66N4O3. The summed E-state index contributed by atoms with van der Waals surface area (Å²) in [5.41, 5.74) is 6.50. The predicted octanol–water partition coefficient (Wildman–Crippen LogP) is 7.04. The molecule has 0 radical (unpaired) electrons. The summed E-state index contributed by atoms with van der Waals surface area (Å²) in [4.78, 5) is 20.5. The molecule has 45 heavy (non-hydrogen) atoms. The van der Waals surface area contributed by atoms with E-state index in [0.29, 0.717) is 36.0 Å². The summed E-state index contributed by atoms with van der Waals surface area (Å²) in [5.74, 6) is 4.22. The number of ether oxygens (including phenoxy) is 1. The lowest BCUT2D eigenvalue weighted by atomic mass is 9.42. The van der Waals surface area contributed by atoms with Crippen LogP contribution < -0.4 is 11.1 Å². The van der Waals surface area contributed by atoms with Gasteiger partial charge in [0.05, 0.1) is 17.6 Å². The number of hydrogen-bond donors (Lipinski definition) is 4. The van der Waals surface area contributed by atoms with Gasteiger partial charge in [-0.3, -0.25) is 4.79 Å². The van der Waals surface area contributed by atoms with Crippen LogP contribution in [0.25, 0.3) is 0 Å². The Labute approximate surface area is 274 Å². The quantitative estimate of drug-likeness (QED) is 0.175. The van der Waals surface area contributed by atoms with Crippen LogP contribution in [0.4, 0.5) is 0 Å². The fraction of sp³-hybridized carbons (Fsp3) is 0.895. The monoisotopic (exact) mass is 627 g/mol. The van der Waals surface area contributed by atoms with E-state index in [2.05, 4.69) is 63.8 Å². The molecule has 11 atom stereocenters. The second kappa shape index (κ2) is 14.0. The maximum atomic E-state index is 13.0. The number of aromatic nitrogens is 2. The molecule has 0 spiro atoms. The van der Waals surface area contributed by atoms with Crippen LogP contribution in [-0.4, -0.2) is 51.4 Å². The Morgan fingerprint density at radius 3 is 2.56 bits per heavy atom. The molecular weight excluding hydrogens is 560 g/mol. The van der Waals surface area contributed by atoms with Crippen molar-refractivity contribution in [2.45, 2.75) is 156 Å². The van der Waals surface area contributed by atoms with E-state index in [4.69, 9.17) is 10.5 Å². The van der Waals surface area contributed by atoms with Gasteiger partial charge in [0.25, 0.3) is 0 Å². The zero-order valence-corrected chi connectivity index (χ0v) is 29.6. The second-order valence-electron chi connectivity index (χ2n) is 17.3. The van der Waals surface area contributed by atoms with Crippen LogP contribution >= 0.6 is 0 Å². The van der Waals surface area contributed by atoms with Gasteiger partial charge >= 0.3 is 5.97 Å². The molecule has 1 aromatic heterocycles. The Kier molecular flexibility index (Phi) is 10.8. The standard InChI is InChI=1S/C38H66N4O3/c1-24(2)9-8-10-26(5)30-11-12-31-29-20-34(41-18-15-27-22-40-23-42-27)38(44)21-28(45-35(43)33(39)19-25(3)4)13-17-37(38,7)32(29)14-16-36(30,31)6/h22-26,28-34,41,44H,8-21,39H2,1-7H3,(H,40,42)/t26?,28-,29-,30+,31-,32-,33?,34+,36+,37+,38-/m0/s1. The Hall–Kier alpha value is -1.44. The van der Waals surface area contributed by atoms with Crippen molar-refractivity contribution in [2.75, 3.05) is 6.54 Å². The van der Waals surface area contributed by atoms with E-state index in [1.165, 1.54) is 44.9 Å². The van der Waals surface area contributed by atoms with Crippen molar-refractivity contribution in [1.29, 1.82) is 0 Å². The molecule has 0 aromatic carbocycles. The number of rotatable bonds is 13. The van der Waals surface area contributed by atoms with Crippen LogP contribution in [0.5, 0.6) is 0 Å². The third-order valence-corrected chi connectivity index (χ3v) is 13.7. The zero-order valence-electron chi connectivity index (χ0n) is 29.6. The minimum Gasteiger partial charge on any atom is -0.461 e. The van der Waals surface area contributed by atoms with Gasteiger partial charge in [0.1, 0.15) is 12.1 Å². The minimum absolute atomic E-state index is 0.0432. The van der Waals surface area contributed by atoms with Crippen molar-refractivity contribution in [3.05, 3.63) is 18.2 Å². The smallest absolute Gasteiger partial charge is 0.323 e. The number of nitrogens with two attached hydrogens (primary N) is 1. The maximum Gasteiger partial charge on any atom is 0.323 e. The predicted molar refractivity (Wildman–Crippen MR) is 181 cm³/mol. The molecule has 256 valence electrons. The van der Waals surface area contributed by atoms with Crippen LogP contribution in [0.3, 0.4) is 0 Å². The van der Waals surface area contributed by atoms with Crippen LogP contribution in [0.1, 0.15) is 131 Å². The highest BCUT2D eigenvalue weighted by molar-refractivity contribution is 5.75. The number of carbonyl (C=O) groups excluding carboxylic acids is 1. The van der Waals surface area contributed by atoms with Gasteiger partial charge in [-0.05, 0) is 98.2 Å². The molecule has 7 heteroatoms. The van der Waals surface area contributed by atoms with Gasteiger partial charge in [0, 0.05) is 37.0 Å². The Balaban J connectivity index is 1.36. The van der Waals surface area contributed by atoms with Crippen molar-refractivity contribution < 1.29 is 14.6 Å². The van der Waals surface area contributed by atoms with Crippen LogP contribution in [0.2, 0.25) is 0 Å². The summed E-state index contributed by atoms with van der Waals surface area (Å²) in [6.07, 6.45) is 17.2. The molecule has 0 saturated heterocycles. The van der Waals surface area contributed by atoms with E-state index >= 15 is 0 Å². The van der Waals surface area contributed by atoms with Crippen molar-refractivity contribution in [3.8, 4) is 0 Å². The van der Waals surface area contributed by atoms with Gasteiger partial charge in [-0.25, -0.2) is 4.98 Å². The molecule has 5 rings (SSSR count). The van der Waals surface area contributed by atoms with E-state index < -0.39 is 11.6 Å². The molecule has 1 heterocycles. The summed E-state index contributed by atoms with van der Waals surface area (Å²) in [6, 6.07) is -0.649. The molecule has 7 nitrogen and oxygen atoms in total. The number of nitrogens with zero attached hydrogens (tertiary/aromatic N) is 1. The number of aliphatic hydroxyl groups is 1. The van der Waals surface area contributed by atoms with E-state index in [1.807, 2.05) is 6.20 Å². The Morgan fingerprint density at radius 1 is 1.09 bits per heavy atom. The lowest BCUT2D eigenvalue weighted by Gasteiger charge is -2.66. The molecule has 5 N–H and O–H groups in total. The molecule has 4 fully saturated rings. The Bertz CT molecular complexity index is 1110. The SMILES string of the molecule is CC(C)CCCC(C)[C@H]1CC[C@H]2[C@@H]3C[C@@H](NCCc4c[nH]cn4)[C@@]4(O)C[C@@H](OC(=O)C(N)CC(C)C)CC[C@]4(C)[C@H]3CC[C@]12C. The summed E-state index contributed by atoms with van der Waals surface area (Å²) in [5, 5.41) is 16.8. The van der Waals surface area contributed by atoms with Gasteiger partial charge in [0.15, 0.2) is 0 Å². The number of carbonyl (C=O) groups is 1. The fourth-order valence-corrected chi connectivity index (χ4v) is 11.3. The topological polar surface area (TPSA) is 113 Å². The number of hydrogen-bond acceptors (Lipinski definition) is 6. The first-order valence-corrected chi connectivity index (χ1v) is 18.7. The van der Waals surface area contributed by atoms with Crippen LogP contribution in [-0.2, 0) is 16.0 Å². The van der Waals surface area contributed by atoms with Crippen molar-refractivity contribution in [1.82, 2.24) is 15.3 Å². The number of esters is 1. The average Bonchev–Trinajstić information content (AvgIpc) is 3.61. The normalized spacial score (nSPS) is 39.3. The van der Waals surface area contributed by atoms with Crippen molar-refractivity contribution in [2.24, 2.45) is 58.0 Å². The molecule has 1 aromatic rings. The van der Waals surface area contributed by atoms with E-state index in [1.54, 1.807) is 6.33 Å². The lowest BCUT2D eigenvalue weighted by Crippen LogP contribution is -2.71. The summed E-state index contributed by atoms with van der Waals surface area (Å²) < 4.78 is 6.07. The number of imidazole rings is 1. The number of aromatic amines is 1. The summed E-state index contributed by atoms with van der Waals surface area (Å²) >= 11 is 0. The average molecular weight is 627 g/mol. The van der Waals surface area contributed by atoms with Gasteiger partial charge in [-0.15, -0.1) is 0 Å². The van der Waals surface area contributed by atoms with Gasteiger partial charge in [0.2, 0.25) is 0 Å². The highest BCUT2D eigenvalue weighted by Crippen LogP contribution is 2.69. The molecule has 2 unspecified atom stereocenters. The largest absolute Gasteiger partial charge is 0.461 e. The minimum atomic E-state index is -0.943. The fourth-order valence-electron chi connectivity index (χ4n) is 11.3. The summed E-state index contributed by atoms with van der Waals surface area (Å²) in [6.45, 7) is 17.2. The molecule has 0 aliphatic heterocycles. The summed E-state index contributed by atoms with van der Waals surface area (Å²) in [7, 11) is 0. The molecule has 4 saturated carbocycles. The van der Waals surface area contributed by atoms with Gasteiger partial charge in [-0.2, -0.15) is 0 Å². The van der Waals surface area contributed by atoms with Gasteiger partial charge in [-0.1, -0.05) is 67.7 Å². The zero-order chi connectivity index (χ0) is 32.6. The highest BCUT2D eigenvalue weighted by Gasteiger charge is 2.67. The van der Waals surface area contributed by atoms with Crippen LogP contribution in [0, 0.1) is 52.3 Å². The van der Waals surface area contributed by atoms with Crippen molar-refractivity contribution in [3.63, 3.8) is 0 Å². The van der Waals surface area contributed by atoms with Crippen molar-refractivity contribution >= 4 is 5.97 Å². The number of fused-ring (bicyclic) bond motifs is 5. The number of H-pyrrole nitrogens is 1. The van der Waals surface area contributed by atoms with Gasteiger partial charge < -0.3 is 25.9 Å². The van der Waals surface area contributed by atoms with E-state index in [9.17, 15) is 9.90 Å². The first-order valence-electron chi connectivity index (χ1n) is 18.7. The Morgan fingerprint density at radius 2 is 1.87 bits per heavy atom. The third-order valence-electron chi connectivity index (χ3n) is 13.7. The van der Waals surface area contributed by atoms with E-state index in [-0.39, 0.29) is 23.5 Å². The molecule has 4 aliphatic carbocycles. The molecule has 4 aliphatic rings. The first kappa shape index (κ1) is 34.9. The van der Waals surface area contributed by atoms with E-state index in [0.717, 1.165) is 61.6 Å². The molecule has 0 bridgehead atoms. The second-order valence-corrected chi connectivity index (χ2v) is 17.3. The third kappa shape index (κ3) is 6.92. The lowest BCUT2D eigenvalue weighted by molar-refractivity contribution is -0.237.